The molecule has 1 heterocycles. The Balaban J connectivity index is 1.76. The predicted molar refractivity (Wildman–Crippen MR) is 126 cm³/mol. The van der Waals surface area contributed by atoms with Crippen LogP contribution in [-0.4, -0.2) is 29.5 Å². The fourth-order valence-electron chi connectivity index (χ4n) is 4.76. The maximum Gasteiger partial charge on any atom is 0.255 e. The second-order valence-electron chi connectivity index (χ2n) is 8.24. The largest absolute Gasteiger partial charge is 0.495 e. The van der Waals surface area contributed by atoms with E-state index in [0.717, 1.165) is 19.3 Å². The third-order valence-corrected chi connectivity index (χ3v) is 6.72. The number of hydrogen-bond donors (Lipinski definition) is 0. The van der Waals surface area contributed by atoms with Crippen molar-refractivity contribution >= 4 is 17.5 Å². The van der Waals surface area contributed by atoms with Gasteiger partial charge in [0.15, 0.2) is 0 Å². The summed E-state index contributed by atoms with van der Waals surface area (Å²) in [4.78, 5) is 15.3. The number of methoxy groups -OCH3 is 1. The van der Waals surface area contributed by atoms with Gasteiger partial charge in [0.05, 0.1) is 29.4 Å². The number of ether oxygens (including phenoxy) is 1. The maximum absolute atomic E-state index is 13.5. The highest BCUT2D eigenvalue weighted by molar-refractivity contribution is 6.35. The molecule has 4 nitrogen and oxygen atoms in total. The van der Waals surface area contributed by atoms with Crippen LogP contribution in [0.15, 0.2) is 54.7 Å². The molecule has 0 fully saturated rings. The van der Waals surface area contributed by atoms with Crippen molar-refractivity contribution in [3.8, 4) is 17.0 Å². The number of amides is 1. The molecule has 1 atom stereocenters. The van der Waals surface area contributed by atoms with E-state index in [1.807, 2.05) is 24.1 Å². The molecule has 1 aliphatic rings. The van der Waals surface area contributed by atoms with Crippen LogP contribution in [0.5, 0.6) is 5.75 Å². The number of hydrogen-bond acceptors (Lipinski definition) is 2. The lowest BCUT2D eigenvalue weighted by molar-refractivity contribution is 0.0718. The SMILES string of the molecule is COc1cccc(C(=O)N(C)[C@H]2CCCCCc3c2cn(C)c3-c2ccccc2)c1Cl. The summed E-state index contributed by atoms with van der Waals surface area (Å²) in [6, 6.07) is 15.9. The van der Waals surface area contributed by atoms with E-state index in [1.165, 1.54) is 35.2 Å². The Hall–Kier alpha value is -2.72. The first-order valence-electron chi connectivity index (χ1n) is 10.9. The third kappa shape index (κ3) is 4.09. The molecule has 0 aliphatic heterocycles. The van der Waals surface area contributed by atoms with Gasteiger partial charge in [0.25, 0.3) is 5.91 Å². The Labute approximate surface area is 189 Å². The van der Waals surface area contributed by atoms with E-state index in [1.54, 1.807) is 19.2 Å². The van der Waals surface area contributed by atoms with Crippen molar-refractivity contribution < 1.29 is 9.53 Å². The smallest absolute Gasteiger partial charge is 0.255 e. The van der Waals surface area contributed by atoms with E-state index in [-0.39, 0.29) is 11.9 Å². The first kappa shape index (κ1) is 21.5. The molecule has 0 saturated heterocycles. The van der Waals surface area contributed by atoms with Gasteiger partial charge in [-0.25, -0.2) is 0 Å². The number of rotatable bonds is 4. The fourth-order valence-corrected chi connectivity index (χ4v) is 5.05. The minimum absolute atomic E-state index is 0.00808. The first-order chi connectivity index (χ1) is 15.0. The molecule has 162 valence electrons. The van der Waals surface area contributed by atoms with Crippen LogP contribution >= 0.6 is 11.6 Å². The van der Waals surface area contributed by atoms with Crippen molar-refractivity contribution in [3.63, 3.8) is 0 Å². The average molecular weight is 437 g/mol. The molecular formula is C26H29ClN2O2. The van der Waals surface area contributed by atoms with Gasteiger partial charge in [0.2, 0.25) is 0 Å². The Bertz CT molecular complexity index is 1070. The molecule has 1 amide bonds. The quantitative estimate of drug-likeness (QED) is 0.482. The van der Waals surface area contributed by atoms with Crippen molar-refractivity contribution in [3.05, 3.63) is 76.4 Å². The number of carbonyl (C=O) groups excluding carboxylic acids is 1. The van der Waals surface area contributed by atoms with Gasteiger partial charge in [0, 0.05) is 20.3 Å². The van der Waals surface area contributed by atoms with E-state index < -0.39 is 0 Å². The monoisotopic (exact) mass is 436 g/mol. The van der Waals surface area contributed by atoms with E-state index in [4.69, 9.17) is 16.3 Å². The summed E-state index contributed by atoms with van der Waals surface area (Å²) in [5.74, 6) is 0.441. The van der Waals surface area contributed by atoms with Gasteiger partial charge < -0.3 is 14.2 Å². The number of nitrogens with zero attached hydrogens (tertiary/aromatic N) is 2. The highest BCUT2D eigenvalue weighted by Crippen LogP contribution is 2.39. The molecule has 0 unspecified atom stereocenters. The van der Waals surface area contributed by atoms with Crippen molar-refractivity contribution in [1.82, 2.24) is 9.47 Å². The van der Waals surface area contributed by atoms with Gasteiger partial charge in [-0.05, 0) is 48.1 Å². The van der Waals surface area contributed by atoms with Crippen molar-refractivity contribution in [2.75, 3.05) is 14.2 Å². The van der Waals surface area contributed by atoms with Crippen LogP contribution in [0.1, 0.15) is 53.2 Å². The summed E-state index contributed by atoms with van der Waals surface area (Å²) in [7, 11) is 5.56. The lowest BCUT2D eigenvalue weighted by Crippen LogP contribution is -2.32. The predicted octanol–water partition coefficient (Wildman–Crippen LogP) is 6.28. The van der Waals surface area contributed by atoms with Crippen molar-refractivity contribution in [2.45, 2.75) is 38.1 Å². The highest BCUT2D eigenvalue weighted by atomic mass is 35.5. The minimum Gasteiger partial charge on any atom is -0.495 e. The number of aryl methyl sites for hydroxylation is 1. The number of halogens is 1. The van der Waals surface area contributed by atoms with Crippen LogP contribution in [0.4, 0.5) is 0 Å². The van der Waals surface area contributed by atoms with Crippen LogP contribution in [-0.2, 0) is 13.5 Å². The summed E-state index contributed by atoms with van der Waals surface area (Å²) in [5, 5.41) is 0.367. The zero-order valence-electron chi connectivity index (χ0n) is 18.4. The zero-order chi connectivity index (χ0) is 22.0. The Morgan fingerprint density at radius 3 is 2.61 bits per heavy atom. The normalized spacial score (nSPS) is 16.2. The summed E-state index contributed by atoms with van der Waals surface area (Å²) < 4.78 is 7.53. The van der Waals surface area contributed by atoms with Crippen LogP contribution in [0.3, 0.4) is 0 Å². The topological polar surface area (TPSA) is 34.5 Å². The molecule has 31 heavy (non-hydrogen) atoms. The molecule has 5 heteroatoms. The Morgan fingerprint density at radius 2 is 1.87 bits per heavy atom. The summed E-state index contributed by atoms with van der Waals surface area (Å²) in [6.45, 7) is 0. The van der Waals surface area contributed by atoms with Crippen LogP contribution in [0.25, 0.3) is 11.3 Å². The highest BCUT2D eigenvalue weighted by Gasteiger charge is 2.30. The molecule has 4 rings (SSSR count). The van der Waals surface area contributed by atoms with Crippen molar-refractivity contribution in [1.29, 1.82) is 0 Å². The van der Waals surface area contributed by atoms with E-state index in [0.29, 0.717) is 16.3 Å². The molecule has 0 spiro atoms. The summed E-state index contributed by atoms with van der Waals surface area (Å²) in [5.41, 5.74) is 5.55. The Kier molecular flexibility index (Phi) is 6.38. The number of aromatic nitrogens is 1. The van der Waals surface area contributed by atoms with Crippen LogP contribution < -0.4 is 4.74 Å². The minimum atomic E-state index is -0.0782. The van der Waals surface area contributed by atoms with Gasteiger partial charge in [-0.2, -0.15) is 0 Å². The van der Waals surface area contributed by atoms with E-state index in [2.05, 4.69) is 42.1 Å². The average Bonchev–Trinajstić information content (AvgIpc) is 3.09. The van der Waals surface area contributed by atoms with Crippen molar-refractivity contribution in [2.24, 2.45) is 7.05 Å². The number of carbonyl (C=O) groups is 1. The van der Waals surface area contributed by atoms with E-state index >= 15 is 0 Å². The van der Waals surface area contributed by atoms with Gasteiger partial charge in [-0.1, -0.05) is 60.8 Å². The third-order valence-electron chi connectivity index (χ3n) is 6.33. The molecule has 0 N–H and O–H groups in total. The molecule has 3 aromatic rings. The molecule has 0 radical (unpaired) electrons. The molecule has 1 aliphatic carbocycles. The number of benzene rings is 2. The lowest BCUT2D eigenvalue weighted by atomic mass is 9.89. The molecule has 0 saturated carbocycles. The molecular weight excluding hydrogens is 408 g/mol. The fraction of sp³-hybridized carbons (Fsp3) is 0.346. The Morgan fingerprint density at radius 1 is 1.10 bits per heavy atom. The van der Waals surface area contributed by atoms with Gasteiger partial charge in [-0.3, -0.25) is 4.79 Å². The summed E-state index contributed by atoms with van der Waals surface area (Å²) in [6.07, 6.45) is 7.62. The van der Waals surface area contributed by atoms with Crippen LogP contribution in [0.2, 0.25) is 5.02 Å². The molecule has 0 bridgehead atoms. The van der Waals surface area contributed by atoms with Crippen LogP contribution in [0, 0.1) is 0 Å². The van der Waals surface area contributed by atoms with E-state index in [9.17, 15) is 4.79 Å². The second kappa shape index (κ2) is 9.19. The first-order valence-corrected chi connectivity index (χ1v) is 11.2. The molecule has 1 aromatic heterocycles. The van der Waals surface area contributed by atoms with Gasteiger partial charge in [-0.15, -0.1) is 0 Å². The summed E-state index contributed by atoms with van der Waals surface area (Å²) >= 11 is 6.48. The number of fused-ring (bicyclic) bond motifs is 1. The van der Waals surface area contributed by atoms with Gasteiger partial charge >= 0.3 is 0 Å². The second-order valence-corrected chi connectivity index (χ2v) is 8.62. The standard InChI is InChI=1S/C26H29ClN2O2/c1-28-17-21-19(25(28)18-11-6-4-7-12-18)13-8-5-9-15-22(21)29(2)26(30)20-14-10-16-23(31-3)24(20)27/h4,6-7,10-12,14,16-17,22H,5,8-9,13,15H2,1-3H3/t22-/m0/s1. The molecule has 2 aromatic carbocycles. The lowest BCUT2D eigenvalue weighted by Gasteiger charge is -2.31. The van der Waals surface area contributed by atoms with Gasteiger partial charge in [0.1, 0.15) is 5.75 Å². The zero-order valence-corrected chi connectivity index (χ0v) is 19.2. The maximum atomic E-state index is 13.5.